The van der Waals surface area contributed by atoms with Gasteiger partial charge in [-0.15, -0.1) is 0 Å². The van der Waals surface area contributed by atoms with Gasteiger partial charge in [0.05, 0.1) is 10.6 Å². The van der Waals surface area contributed by atoms with Gasteiger partial charge in [-0.05, 0) is 24.3 Å². The van der Waals surface area contributed by atoms with Gasteiger partial charge in [-0.25, -0.2) is 17.8 Å². The van der Waals surface area contributed by atoms with Crippen molar-refractivity contribution in [1.82, 2.24) is 14.3 Å². The van der Waals surface area contributed by atoms with Crippen LogP contribution in [0, 0.1) is 5.82 Å². The van der Waals surface area contributed by atoms with Crippen molar-refractivity contribution in [2.45, 2.75) is 17.1 Å². The molecular formula is C18H14ClF4N3O2S. The highest BCUT2D eigenvalue weighted by atomic mass is 35.5. The summed E-state index contributed by atoms with van der Waals surface area (Å²) in [5.41, 5.74) is -1.23. The zero-order valence-corrected chi connectivity index (χ0v) is 16.4. The minimum atomic E-state index is -4.76. The zero-order chi connectivity index (χ0) is 21.4. The van der Waals surface area contributed by atoms with Crippen LogP contribution in [-0.2, 0) is 23.2 Å². The highest BCUT2D eigenvalue weighted by Crippen LogP contribution is 2.34. The molecule has 1 aromatic heterocycles. The minimum absolute atomic E-state index is 0.0477. The van der Waals surface area contributed by atoms with Crippen LogP contribution in [0.2, 0.25) is 5.02 Å². The van der Waals surface area contributed by atoms with Gasteiger partial charge in [-0.3, -0.25) is 0 Å². The molecule has 5 nitrogen and oxygen atoms in total. The Balaban J connectivity index is 2.11. The summed E-state index contributed by atoms with van der Waals surface area (Å²) < 4.78 is 83.0. The van der Waals surface area contributed by atoms with Crippen molar-refractivity contribution in [2.24, 2.45) is 7.05 Å². The zero-order valence-electron chi connectivity index (χ0n) is 14.8. The first-order valence-electron chi connectivity index (χ1n) is 8.11. The second-order valence-electron chi connectivity index (χ2n) is 6.12. The molecular weight excluding hydrogens is 434 g/mol. The SMILES string of the molecule is Cn1ccnc1C(NS(=O)(=O)c1cc(C(F)(F)F)ccc1Cl)c1ccccc1F. The van der Waals surface area contributed by atoms with E-state index >= 15 is 0 Å². The predicted octanol–water partition coefficient (Wildman–Crippen LogP) is 4.30. The number of sulfonamides is 1. The Morgan fingerprint density at radius 2 is 1.86 bits per heavy atom. The summed E-state index contributed by atoms with van der Waals surface area (Å²) >= 11 is 5.87. The van der Waals surface area contributed by atoms with Crippen molar-refractivity contribution in [3.8, 4) is 0 Å². The van der Waals surface area contributed by atoms with Gasteiger partial charge in [-0.2, -0.15) is 17.9 Å². The molecule has 0 aliphatic heterocycles. The molecule has 0 saturated heterocycles. The quantitative estimate of drug-likeness (QED) is 0.593. The Morgan fingerprint density at radius 3 is 2.45 bits per heavy atom. The van der Waals surface area contributed by atoms with E-state index in [-0.39, 0.29) is 11.4 Å². The largest absolute Gasteiger partial charge is 0.416 e. The Bertz CT molecular complexity index is 1150. The number of aromatic nitrogens is 2. The Labute approximate surface area is 169 Å². The van der Waals surface area contributed by atoms with Crippen LogP contribution in [0.4, 0.5) is 17.6 Å². The molecule has 1 heterocycles. The lowest BCUT2D eigenvalue weighted by molar-refractivity contribution is -0.137. The van der Waals surface area contributed by atoms with Crippen LogP contribution < -0.4 is 4.72 Å². The highest BCUT2D eigenvalue weighted by molar-refractivity contribution is 7.89. The lowest BCUT2D eigenvalue weighted by Gasteiger charge is -2.20. The number of nitrogens with one attached hydrogen (secondary N) is 1. The normalized spacial score (nSPS) is 13.4. The lowest BCUT2D eigenvalue weighted by atomic mass is 10.1. The number of nitrogens with zero attached hydrogens (tertiary/aromatic N) is 2. The van der Waals surface area contributed by atoms with E-state index in [0.717, 1.165) is 12.1 Å². The van der Waals surface area contributed by atoms with E-state index in [4.69, 9.17) is 11.6 Å². The third-order valence-electron chi connectivity index (χ3n) is 4.15. The van der Waals surface area contributed by atoms with Gasteiger partial charge in [0.2, 0.25) is 10.0 Å². The summed E-state index contributed by atoms with van der Waals surface area (Å²) in [5.74, 6) is -0.569. The summed E-state index contributed by atoms with van der Waals surface area (Å²) in [4.78, 5) is 3.27. The molecule has 3 aromatic rings. The van der Waals surface area contributed by atoms with Crippen LogP contribution in [0.1, 0.15) is 23.0 Å². The Hall–Kier alpha value is -2.43. The molecule has 0 radical (unpaired) electrons. The molecule has 154 valence electrons. The maximum Gasteiger partial charge on any atom is 0.416 e. The lowest BCUT2D eigenvalue weighted by Crippen LogP contribution is -2.32. The average Bonchev–Trinajstić information content (AvgIpc) is 3.05. The van der Waals surface area contributed by atoms with Crippen LogP contribution >= 0.6 is 11.6 Å². The third kappa shape index (κ3) is 4.44. The van der Waals surface area contributed by atoms with E-state index in [2.05, 4.69) is 9.71 Å². The van der Waals surface area contributed by atoms with Gasteiger partial charge in [0.25, 0.3) is 0 Å². The fraction of sp³-hybridized carbons (Fsp3) is 0.167. The molecule has 0 amide bonds. The molecule has 0 saturated carbocycles. The minimum Gasteiger partial charge on any atom is -0.336 e. The molecule has 1 N–H and O–H groups in total. The van der Waals surface area contributed by atoms with Gasteiger partial charge < -0.3 is 4.57 Å². The number of halogens is 5. The van der Waals surface area contributed by atoms with Gasteiger partial charge in [0.1, 0.15) is 22.6 Å². The van der Waals surface area contributed by atoms with Gasteiger partial charge >= 0.3 is 6.18 Å². The van der Waals surface area contributed by atoms with Gasteiger partial charge in [-0.1, -0.05) is 29.8 Å². The first-order chi connectivity index (χ1) is 13.5. The van der Waals surface area contributed by atoms with Crippen LogP contribution in [0.15, 0.2) is 59.8 Å². The molecule has 11 heteroatoms. The van der Waals surface area contributed by atoms with E-state index in [9.17, 15) is 26.0 Å². The van der Waals surface area contributed by atoms with Crippen molar-refractivity contribution >= 4 is 21.6 Å². The standard InChI is InChI=1S/C18H14ClF4N3O2S/c1-26-9-8-24-17(26)16(12-4-2-3-5-14(12)20)25-29(27,28)15-10-11(18(21,22)23)6-7-13(15)19/h2-10,16,25H,1H3. The van der Waals surface area contributed by atoms with E-state index in [1.165, 1.54) is 35.2 Å². The Kier molecular flexibility index (Phi) is 5.70. The fourth-order valence-corrected chi connectivity index (χ4v) is 4.42. The number of alkyl halides is 3. The summed E-state index contributed by atoms with van der Waals surface area (Å²) in [6, 6.07) is 6.06. The summed E-state index contributed by atoms with van der Waals surface area (Å²) in [6.45, 7) is 0. The average molecular weight is 448 g/mol. The number of hydrogen-bond acceptors (Lipinski definition) is 3. The Morgan fingerprint density at radius 1 is 1.17 bits per heavy atom. The molecule has 0 spiro atoms. The molecule has 0 bridgehead atoms. The fourth-order valence-electron chi connectivity index (χ4n) is 2.72. The van der Waals surface area contributed by atoms with Crippen LogP contribution in [-0.4, -0.2) is 18.0 Å². The van der Waals surface area contributed by atoms with Crippen molar-refractivity contribution in [3.63, 3.8) is 0 Å². The second-order valence-corrected chi connectivity index (χ2v) is 8.20. The third-order valence-corrected chi connectivity index (χ3v) is 6.06. The van der Waals surface area contributed by atoms with Crippen molar-refractivity contribution < 1.29 is 26.0 Å². The van der Waals surface area contributed by atoms with Crippen LogP contribution in [0.25, 0.3) is 0 Å². The maximum atomic E-state index is 14.4. The van der Waals surface area contributed by atoms with Gasteiger partial charge in [0.15, 0.2) is 0 Å². The molecule has 2 aromatic carbocycles. The number of aryl methyl sites for hydroxylation is 1. The van der Waals surface area contributed by atoms with E-state index in [1.54, 1.807) is 7.05 Å². The summed E-state index contributed by atoms with van der Waals surface area (Å²) in [6.07, 6.45) is -1.86. The first kappa shape index (κ1) is 21.3. The van der Waals surface area contributed by atoms with Crippen molar-refractivity contribution in [1.29, 1.82) is 0 Å². The molecule has 0 aliphatic carbocycles. The monoisotopic (exact) mass is 447 g/mol. The molecule has 1 unspecified atom stereocenters. The summed E-state index contributed by atoms with van der Waals surface area (Å²) in [5, 5.41) is -0.405. The first-order valence-corrected chi connectivity index (χ1v) is 9.97. The number of benzene rings is 2. The second kappa shape index (κ2) is 7.77. The van der Waals surface area contributed by atoms with E-state index in [1.807, 2.05) is 0 Å². The highest BCUT2D eigenvalue weighted by Gasteiger charge is 2.34. The number of rotatable bonds is 5. The van der Waals surface area contributed by atoms with E-state index < -0.39 is 43.5 Å². The molecule has 0 aliphatic rings. The van der Waals surface area contributed by atoms with Crippen LogP contribution in [0.5, 0.6) is 0 Å². The van der Waals surface area contributed by atoms with Crippen LogP contribution in [0.3, 0.4) is 0 Å². The number of imidazole rings is 1. The van der Waals surface area contributed by atoms with Crippen molar-refractivity contribution in [2.75, 3.05) is 0 Å². The topological polar surface area (TPSA) is 64.0 Å². The molecule has 1 atom stereocenters. The number of hydrogen-bond donors (Lipinski definition) is 1. The molecule has 0 fully saturated rings. The summed E-state index contributed by atoms with van der Waals surface area (Å²) in [7, 11) is -3.01. The predicted molar refractivity (Wildman–Crippen MR) is 98.2 cm³/mol. The maximum absolute atomic E-state index is 14.4. The molecule has 29 heavy (non-hydrogen) atoms. The van der Waals surface area contributed by atoms with Gasteiger partial charge in [0, 0.05) is 25.0 Å². The van der Waals surface area contributed by atoms with E-state index in [0.29, 0.717) is 12.1 Å². The molecule has 3 rings (SSSR count). The van der Waals surface area contributed by atoms with Crippen molar-refractivity contribution in [3.05, 3.63) is 82.6 Å². The smallest absolute Gasteiger partial charge is 0.336 e.